The number of aryl methyl sites for hydroxylation is 2. The maximum absolute atomic E-state index is 13.2. The Morgan fingerprint density at radius 2 is 1.90 bits per heavy atom. The number of hydrogen-bond donors (Lipinski definition) is 2. The molecule has 1 fully saturated rings. The van der Waals surface area contributed by atoms with Crippen molar-refractivity contribution in [2.75, 3.05) is 13.1 Å². The maximum Gasteiger partial charge on any atom is 0.241 e. The summed E-state index contributed by atoms with van der Waals surface area (Å²) in [6.07, 6.45) is 1.78. The van der Waals surface area contributed by atoms with Crippen LogP contribution in [0.1, 0.15) is 24.0 Å². The van der Waals surface area contributed by atoms with Gasteiger partial charge in [-0.25, -0.2) is 17.5 Å². The monoisotopic (exact) mass is 322 g/mol. The predicted octanol–water partition coefficient (Wildman–Crippen LogP) is 1.89. The predicted molar refractivity (Wildman–Crippen MR) is 79.3 cm³/mol. The molecule has 1 aromatic rings. The molecule has 1 aliphatic rings. The summed E-state index contributed by atoms with van der Waals surface area (Å²) in [4.78, 5) is 0.194. The second-order valence-electron chi connectivity index (χ2n) is 5.03. The molecular weight excluding hydrogens is 303 g/mol. The molecule has 1 atom stereocenters. The van der Waals surface area contributed by atoms with Crippen LogP contribution in [0.5, 0.6) is 0 Å². The molecule has 0 amide bonds. The first kappa shape index (κ1) is 17.4. The molecular formula is C13H20ClFN2O2S. The van der Waals surface area contributed by atoms with Crippen LogP contribution in [-0.2, 0) is 10.0 Å². The van der Waals surface area contributed by atoms with Crippen LogP contribution in [0.2, 0.25) is 0 Å². The molecule has 0 aliphatic carbocycles. The van der Waals surface area contributed by atoms with Crippen LogP contribution in [0.4, 0.5) is 4.39 Å². The first-order valence-corrected chi connectivity index (χ1v) is 7.88. The summed E-state index contributed by atoms with van der Waals surface area (Å²) in [7, 11) is -3.59. The molecule has 1 heterocycles. The molecule has 2 N–H and O–H groups in total. The lowest BCUT2D eigenvalue weighted by molar-refractivity contribution is 0.428. The lowest BCUT2D eigenvalue weighted by Crippen LogP contribution is -2.45. The fourth-order valence-electron chi connectivity index (χ4n) is 2.55. The van der Waals surface area contributed by atoms with Crippen LogP contribution in [0.25, 0.3) is 0 Å². The van der Waals surface area contributed by atoms with Crippen LogP contribution in [0.3, 0.4) is 0 Å². The van der Waals surface area contributed by atoms with Gasteiger partial charge in [0.1, 0.15) is 5.82 Å². The minimum atomic E-state index is -3.59. The largest absolute Gasteiger partial charge is 0.315 e. The normalized spacial score (nSPS) is 19.4. The number of rotatable bonds is 3. The van der Waals surface area contributed by atoms with Gasteiger partial charge in [-0.1, -0.05) is 0 Å². The molecule has 1 aromatic carbocycles. The van der Waals surface area contributed by atoms with Crippen molar-refractivity contribution in [2.24, 2.45) is 0 Å². The van der Waals surface area contributed by atoms with Gasteiger partial charge in [-0.2, -0.15) is 0 Å². The zero-order chi connectivity index (χ0) is 14.0. The van der Waals surface area contributed by atoms with Crippen molar-refractivity contribution in [3.63, 3.8) is 0 Å². The SMILES string of the molecule is Cc1cc(F)cc(C)c1S(=O)(=O)NC1CCCNC1.Cl. The van der Waals surface area contributed by atoms with E-state index in [0.717, 1.165) is 19.4 Å². The van der Waals surface area contributed by atoms with E-state index >= 15 is 0 Å². The topological polar surface area (TPSA) is 58.2 Å². The van der Waals surface area contributed by atoms with Crippen LogP contribution in [0.15, 0.2) is 17.0 Å². The minimum Gasteiger partial charge on any atom is -0.315 e. The smallest absolute Gasteiger partial charge is 0.241 e. The molecule has 20 heavy (non-hydrogen) atoms. The van der Waals surface area contributed by atoms with Gasteiger partial charge in [-0.05, 0) is 56.5 Å². The van der Waals surface area contributed by atoms with E-state index in [4.69, 9.17) is 0 Å². The van der Waals surface area contributed by atoms with Gasteiger partial charge in [-0.15, -0.1) is 12.4 Å². The third kappa shape index (κ3) is 3.91. The summed E-state index contributed by atoms with van der Waals surface area (Å²) in [5.41, 5.74) is 0.877. The Labute approximate surface area is 125 Å². The number of benzene rings is 1. The van der Waals surface area contributed by atoms with E-state index in [9.17, 15) is 12.8 Å². The maximum atomic E-state index is 13.2. The van der Waals surface area contributed by atoms with E-state index in [-0.39, 0.29) is 23.3 Å². The first-order chi connectivity index (χ1) is 8.90. The Morgan fingerprint density at radius 1 is 1.30 bits per heavy atom. The zero-order valence-corrected chi connectivity index (χ0v) is 13.2. The van der Waals surface area contributed by atoms with Gasteiger partial charge < -0.3 is 5.32 Å². The minimum absolute atomic E-state index is 0. The van der Waals surface area contributed by atoms with Crippen molar-refractivity contribution < 1.29 is 12.8 Å². The molecule has 0 spiro atoms. The molecule has 7 heteroatoms. The van der Waals surface area contributed by atoms with Crippen molar-refractivity contribution in [2.45, 2.75) is 37.6 Å². The lowest BCUT2D eigenvalue weighted by Gasteiger charge is -2.24. The second kappa shape index (κ2) is 6.85. The van der Waals surface area contributed by atoms with E-state index in [1.807, 2.05) is 0 Å². The fourth-order valence-corrected chi connectivity index (χ4v) is 4.28. The van der Waals surface area contributed by atoms with Gasteiger partial charge in [0.25, 0.3) is 0 Å². The standard InChI is InChI=1S/C13H19FN2O2S.ClH/c1-9-6-11(14)7-10(2)13(9)19(17,18)16-12-4-3-5-15-8-12;/h6-7,12,15-16H,3-5,8H2,1-2H3;1H. The highest BCUT2D eigenvalue weighted by molar-refractivity contribution is 7.89. The molecule has 1 saturated heterocycles. The molecule has 0 aromatic heterocycles. The molecule has 1 aliphatic heterocycles. The summed E-state index contributed by atoms with van der Waals surface area (Å²) in [6.45, 7) is 4.79. The van der Waals surface area contributed by atoms with E-state index < -0.39 is 15.8 Å². The average molecular weight is 323 g/mol. The number of halogens is 2. The molecule has 0 saturated carbocycles. The third-order valence-electron chi connectivity index (χ3n) is 3.31. The summed E-state index contributed by atoms with van der Waals surface area (Å²) >= 11 is 0. The summed E-state index contributed by atoms with van der Waals surface area (Å²) < 4.78 is 40.7. The Bertz CT molecular complexity index is 549. The quantitative estimate of drug-likeness (QED) is 0.893. The summed E-state index contributed by atoms with van der Waals surface area (Å²) in [6, 6.07) is 2.41. The highest BCUT2D eigenvalue weighted by Crippen LogP contribution is 2.22. The molecule has 0 bridgehead atoms. The van der Waals surface area contributed by atoms with E-state index in [0.29, 0.717) is 17.7 Å². The molecule has 2 rings (SSSR count). The Morgan fingerprint density at radius 3 is 2.40 bits per heavy atom. The van der Waals surface area contributed by atoms with Gasteiger partial charge in [0.15, 0.2) is 0 Å². The molecule has 0 radical (unpaired) electrons. The highest BCUT2D eigenvalue weighted by atomic mass is 35.5. The first-order valence-electron chi connectivity index (χ1n) is 6.40. The number of hydrogen-bond acceptors (Lipinski definition) is 3. The van der Waals surface area contributed by atoms with E-state index in [2.05, 4.69) is 10.0 Å². The number of sulfonamides is 1. The van der Waals surface area contributed by atoms with Gasteiger partial charge in [0.2, 0.25) is 10.0 Å². The number of piperidine rings is 1. The van der Waals surface area contributed by atoms with Crippen LogP contribution >= 0.6 is 12.4 Å². The van der Waals surface area contributed by atoms with Gasteiger partial charge in [0, 0.05) is 12.6 Å². The van der Waals surface area contributed by atoms with Crippen molar-refractivity contribution in [3.8, 4) is 0 Å². The van der Waals surface area contributed by atoms with Gasteiger partial charge in [-0.3, -0.25) is 0 Å². The lowest BCUT2D eigenvalue weighted by atomic mass is 10.1. The highest BCUT2D eigenvalue weighted by Gasteiger charge is 2.25. The van der Waals surface area contributed by atoms with Gasteiger partial charge in [0.05, 0.1) is 4.90 Å². The zero-order valence-electron chi connectivity index (χ0n) is 11.6. The van der Waals surface area contributed by atoms with Crippen LogP contribution < -0.4 is 10.0 Å². The molecule has 4 nitrogen and oxygen atoms in total. The summed E-state index contributed by atoms with van der Waals surface area (Å²) in [5, 5.41) is 3.16. The van der Waals surface area contributed by atoms with Crippen molar-refractivity contribution in [1.29, 1.82) is 0 Å². The molecule has 114 valence electrons. The van der Waals surface area contributed by atoms with Crippen LogP contribution in [0, 0.1) is 19.7 Å². The van der Waals surface area contributed by atoms with Crippen molar-refractivity contribution in [3.05, 3.63) is 29.1 Å². The fraction of sp³-hybridized carbons (Fsp3) is 0.538. The Balaban J connectivity index is 0.00000200. The van der Waals surface area contributed by atoms with Crippen LogP contribution in [-0.4, -0.2) is 27.5 Å². The van der Waals surface area contributed by atoms with E-state index in [1.54, 1.807) is 13.8 Å². The van der Waals surface area contributed by atoms with Gasteiger partial charge >= 0.3 is 0 Å². The number of nitrogens with one attached hydrogen (secondary N) is 2. The van der Waals surface area contributed by atoms with E-state index in [1.165, 1.54) is 12.1 Å². The molecule has 1 unspecified atom stereocenters. The summed E-state index contributed by atoms with van der Waals surface area (Å²) in [5.74, 6) is -0.409. The Hall–Kier alpha value is -0.690. The Kier molecular flexibility index (Phi) is 5.94. The van der Waals surface area contributed by atoms with Crippen molar-refractivity contribution >= 4 is 22.4 Å². The average Bonchev–Trinajstić information content (AvgIpc) is 2.27. The third-order valence-corrected chi connectivity index (χ3v) is 5.14. The van der Waals surface area contributed by atoms with Crippen molar-refractivity contribution in [1.82, 2.24) is 10.0 Å². The second-order valence-corrected chi connectivity index (χ2v) is 6.68.